The van der Waals surface area contributed by atoms with Gasteiger partial charge < -0.3 is 11.1 Å². The Morgan fingerprint density at radius 2 is 2.04 bits per heavy atom. The molecule has 4 aromatic rings. The van der Waals surface area contributed by atoms with Crippen LogP contribution in [0.2, 0.25) is 0 Å². The van der Waals surface area contributed by atoms with E-state index in [0.29, 0.717) is 23.5 Å². The van der Waals surface area contributed by atoms with Crippen molar-refractivity contribution in [2.24, 2.45) is 7.05 Å². The summed E-state index contributed by atoms with van der Waals surface area (Å²) in [6.07, 6.45) is 5.70. The van der Waals surface area contributed by atoms with Crippen LogP contribution in [0.1, 0.15) is 15.9 Å². The lowest BCUT2D eigenvalue weighted by Crippen LogP contribution is -2.12. The molecule has 0 bridgehead atoms. The van der Waals surface area contributed by atoms with Crippen molar-refractivity contribution in [2.75, 3.05) is 11.1 Å². The van der Waals surface area contributed by atoms with E-state index in [1.165, 1.54) is 0 Å². The van der Waals surface area contributed by atoms with Crippen LogP contribution in [0.4, 0.5) is 11.4 Å². The first kappa shape index (κ1) is 15.9. The first-order chi connectivity index (χ1) is 12.6. The zero-order valence-electron chi connectivity index (χ0n) is 14.3. The van der Waals surface area contributed by atoms with Crippen LogP contribution in [0.25, 0.3) is 10.9 Å². The molecule has 1 amide bonds. The van der Waals surface area contributed by atoms with Gasteiger partial charge >= 0.3 is 0 Å². The van der Waals surface area contributed by atoms with Crippen LogP contribution < -0.4 is 11.1 Å². The summed E-state index contributed by atoms with van der Waals surface area (Å²) >= 11 is 0. The monoisotopic (exact) mass is 346 g/mol. The van der Waals surface area contributed by atoms with Crippen molar-refractivity contribution < 1.29 is 4.79 Å². The minimum atomic E-state index is -0.204. The number of rotatable bonds is 4. The molecular weight excluding hydrogens is 328 g/mol. The average molecular weight is 346 g/mol. The molecule has 0 saturated carbocycles. The number of fused-ring (bicyclic) bond motifs is 1. The van der Waals surface area contributed by atoms with E-state index in [0.717, 1.165) is 16.5 Å². The lowest BCUT2D eigenvalue weighted by atomic mass is 10.1. The molecule has 2 aromatic heterocycles. The zero-order valence-corrected chi connectivity index (χ0v) is 14.3. The van der Waals surface area contributed by atoms with Gasteiger partial charge in [-0.3, -0.25) is 14.2 Å². The van der Waals surface area contributed by atoms with E-state index in [9.17, 15) is 4.79 Å². The molecule has 0 saturated heterocycles. The van der Waals surface area contributed by atoms with E-state index in [-0.39, 0.29) is 5.91 Å². The molecule has 4 rings (SSSR count). The second-order valence-corrected chi connectivity index (χ2v) is 6.16. The third-order valence-corrected chi connectivity index (χ3v) is 4.13. The van der Waals surface area contributed by atoms with Crippen molar-refractivity contribution in [3.8, 4) is 0 Å². The van der Waals surface area contributed by atoms with Gasteiger partial charge in [0, 0.05) is 36.0 Å². The normalized spacial score (nSPS) is 11.0. The highest BCUT2D eigenvalue weighted by atomic mass is 16.1. The molecule has 0 fully saturated rings. The van der Waals surface area contributed by atoms with E-state index < -0.39 is 0 Å². The van der Waals surface area contributed by atoms with Crippen LogP contribution in [0.3, 0.4) is 0 Å². The summed E-state index contributed by atoms with van der Waals surface area (Å²) in [5.74, 6) is -0.204. The van der Waals surface area contributed by atoms with Gasteiger partial charge in [-0.2, -0.15) is 10.2 Å². The molecule has 0 unspecified atom stereocenters. The Labute approximate surface area is 150 Å². The Kier molecular flexibility index (Phi) is 3.89. The van der Waals surface area contributed by atoms with Crippen molar-refractivity contribution >= 4 is 28.2 Å². The molecule has 130 valence electrons. The van der Waals surface area contributed by atoms with Gasteiger partial charge in [-0.1, -0.05) is 12.1 Å². The standard InChI is InChI=1S/C19H18N6O/c1-24-10-13(9-21-24)11-25-12-15-8-14(6-7-17(15)23-25)19(26)22-18-5-3-2-4-16(18)20/h2-10,12H,11,20H2,1H3,(H,22,26). The minimum Gasteiger partial charge on any atom is -0.397 e. The van der Waals surface area contributed by atoms with Crippen LogP contribution in [0.5, 0.6) is 0 Å². The number of nitrogens with zero attached hydrogens (tertiary/aromatic N) is 4. The Morgan fingerprint density at radius 3 is 2.81 bits per heavy atom. The number of aryl methyl sites for hydroxylation is 1. The number of hydrogen-bond donors (Lipinski definition) is 2. The third kappa shape index (κ3) is 3.14. The van der Waals surface area contributed by atoms with Crippen LogP contribution in [0.15, 0.2) is 61.1 Å². The summed E-state index contributed by atoms with van der Waals surface area (Å²) in [4.78, 5) is 12.5. The van der Waals surface area contributed by atoms with E-state index >= 15 is 0 Å². The molecule has 3 N–H and O–H groups in total. The van der Waals surface area contributed by atoms with E-state index in [4.69, 9.17) is 5.73 Å². The molecule has 2 heterocycles. The molecule has 0 radical (unpaired) electrons. The lowest BCUT2D eigenvalue weighted by Gasteiger charge is -2.07. The zero-order chi connectivity index (χ0) is 18.1. The molecule has 0 aliphatic carbocycles. The van der Waals surface area contributed by atoms with Gasteiger partial charge in [-0.25, -0.2) is 0 Å². The van der Waals surface area contributed by atoms with Gasteiger partial charge in [0.05, 0.1) is 29.6 Å². The van der Waals surface area contributed by atoms with Gasteiger partial charge in [0.25, 0.3) is 5.91 Å². The number of aromatic nitrogens is 4. The number of carbonyl (C=O) groups excluding carboxylic acids is 1. The second-order valence-electron chi connectivity index (χ2n) is 6.16. The number of carbonyl (C=O) groups is 1. The highest BCUT2D eigenvalue weighted by Gasteiger charge is 2.10. The number of anilines is 2. The number of nitrogen functional groups attached to an aromatic ring is 1. The smallest absolute Gasteiger partial charge is 0.255 e. The Balaban J connectivity index is 1.57. The summed E-state index contributed by atoms with van der Waals surface area (Å²) < 4.78 is 3.61. The summed E-state index contributed by atoms with van der Waals surface area (Å²) in [6, 6.07) is 12.6. The number of hydrogen-bond acceptors (Lipinski definition) is 4. The molecule has 0 atom stereocenters. The number of benzene rings is 2. The topological polar surface area (TPSA) is 90.8 Å². The maximum Gasteiger partial charge on any atom is 0.255 e. The Hall–Kier alpha value is -3.61. The Bertz CT molecular complexity index is 1090. The quantitative estimate of drug-likeness (QED) is 0.556. The van der Waals surface area contributed by atoms with Gasteiger partial charge in [0.1, 0.15) is 0 Å². The van der Waals surface area contributed by atoms with Crippen LogP contribution in [-0.2, 0) is 13.6 Å². The molecule has 7 nitrogen and oxygen atoms in total. The van der Waals surface area contributed by atoms with Gasteiger partial charge in [-0.05, 0) is 30.3 Å². The van der Waals surface area contributed by atoms with E-state index in [1.54, 1.807) is 22.9 Å². The predicted octanol–water partition coefficient (Wildman–Crippen LogP) is 2.65. The number of para-hydroxylation sites is 2. The summed E-state index contributed by atoms with van der Waals surface area (Å²) in [5.41, 5.74) is 9.48. The minimum absolute atomic E-state index is 0.204. The van der Waals surface area contributed by atoms with Crippen LogP contribution in [0, 0.1) is 0 Å². The first-order valence-electron chi connectivity index (χ1n) is 8.19. The fraction of sp³-hybridized carbons (Fsp3) is 0.105. The summed E-state index contributed by atoms with van der Waals surface area (Å²) in [7, 11) is 1.88. The van der Waals surface area contributed by atoms with E-state index in [2.05, 4.69) is 15.5 Å². The SMILES string of the molecule is Cn1cc(Cn2cc3cc(C(=O)Nc4ccccc4N)ccc3n2)cn1. The van der Waals surface area contributed by atoms with Crippen molar-refractivity contribution in [3.05, 3.63) is 72.2 Å². The third-order valence-electron chi connectivity index (χ3n) is 4.13. The van der Waals surface area contributed by atoms with Crippen LogP contribution >= 0.6 is 0 Å². The fourth-order valence-electron chi connectivity index (χ4n) is 2.84. The number of nitrogens with two attached hydrogens (primary N) is 1. The van der Waals surface area contributed by atoms with Gasteiger partial charge in [-0.15, -0.1) is 0 Å². The molecule has 2 aromatic carbocycles. The van der Waals surface area contributed by atoms with Gasteiger partial charge in [0.15, 0.2) is 0 Å². The van der Waals surface area contributed by atoms with Crippen LogP contribution in [-0.4, -0.2) is 25.5 Å². The second kappa shape index (κ2) is 6.36. The predicted molar refractivity (Wildman–Crippen MR) is 101 cm³/mol. The molecular formula is C19H18N6O. The fourth-order valence-corrected chi connectivity index (χ4v) is 2.84. The number of amides is 1. The van der Waals surface area contributed by atoms with Crippen molar-refractivity contribution in [1.29, 1.82) is 0 Å². The lowest BCUT2D eigenvalue weighted by molar-refractivity contribution is 0.102. The molecule has 0 aliphatic rings. The van der Waals surface area contributed by atoms with Crippen molar-refractivity contribution in [3.63, 3.8) is 0 Å². The highest BCUT2D eigenvalue weighted by molar-refractivity contribution is 6.07. The van der Waals surface area contributed by atoms with E-state index in [1.807, 2.05) is 54.6 Å². The maximum absolute atomic E-state index is 12.5. The molecule has 0 spiro atoms. The highest BCUT2D eigenvalue weighted by Crippen LogP contribution is 2.20. The van der Waals surface area contributed by atoms with Crippen molar-refractivity contribution in [2.45, 2.75) is 6.54 Å². The average Bonchev–Trinajstić information content (AvgIpc) is 3.21. The molecule has 26 heavy (non-hydrogen) atoms. The molecule has 0 aliphatic heterocycles. The largest absolute Gasteiger partial charge is 0.397 e. The van der Waals surface area contributed by atoms with Gasteiger partial charge in [0.2, 0.25) is 0 Å². The molecule has 7 heteroatoms. The summed E-state index contributed by atoms with van der Waals surface area (Å²) in [5, 5.41) is 12.5. The van der Waals surface area contributed by atoms with Crippen molar-refractivity contribution in [1.82, 2.24) is 19.6 Å². The Morgan fingerprint density at radius 1 is 1.19 bits per heavy atom. The number of nitrogens with one attached hydrogen (secondary N) is 1. The maximum atomic E-state index is 12.5. The summed E-state index contributed by atoms with van der Waals surface area (Å²) in [6.45, 7) is 0.630. The first-order valence-corrected chi connectivity index (χ1v) is 8.19.